The molecule has 0 saturated carbocycles. The van der Waals surface area contributed by atoms with Gasteiger partial charge in [0.2, 0.25) is 5.91 Å². The average Bonchev–Trinajstić information content (AvgIpc) is 2.99. The number of aryl methyl sites for hydroxylation is 1. The van der Waals surface area contributed by atoms with Gasteiger partial charge in [-0.3, -0.25) is 4.79 Å². The van der Waals surface area contributed by atoms with Crippen LogP contribution in [0.2, 0.25) is 0 Å². The summed E-state index contributed by atoms with van der Waals surface area (Å²) in [6.07, 6.45) is 4.48. The third-order valence-electron chi connectivity index (χ3n) is 3.30. The Kier molecular flexibility index (Phi) is 4.57. The average molecular weight is 253 g/mol. The van der Waals surface area contributed by atoms with E-state index >= 15 is 0 Å². The number of aliphatic hydroxyl groups excluding tert-OH is 1. The maximum atomic E-state index is 12.0. The monoisotopic (exact) mass is 253 g/mol. The normalized spacial score (nSPS) is 19.8. The molecular formula is C13H19NO2S. The van der Waals surface area contributed by atoms with Gasteiger partial charge >= 0.3 is 0 Å². The summed E-state index contributed by atoms with van der Waals surface area (Å²) in [5.74, 6) is 0.207. The van der Waals surface area contributed by atoms with Crippen LogP contribution < -0.4 is 0 Å². The third-order valence-corrected chi connectivity index (χ3v) is 4.24. The molecule has 0 bridgehead atoms. The van der Waals surface area contributed by atoms with E-state index < -0.39 is 0 Å². The summed E-state index contributed by atoms with van der Waals surface area (Å²) < 4.78 is 0. The number of thiophene rings is 1. The highest BCUT2D eigenvalue weighted by Gasteiger charge is 2.27. The number of aliphatic hydroxyl groups is 1. The van der Waals surface area contributed by atoms with Crippen molar-refractivity contribution in [3.63, 3.8) is 0 Å². The quantitative estimate of drug-likeness (QED) is 0.872. The van der Waals surface area contributed by atoms with Crippen molar-refractivity contribution in [3.8, 4) is 0 Å². The second kappa shape index (κ2) is 6.17. The molecule has 0 aromatic carbocycles. The van der Waals surface area contributed by atoms with Gasteiger partial charge < -0.3 is 10.0 Å². The second-order valence-electron chi connectivity index (χ2n) is 4.50. The summed E-state index contributed by atoms with van der Waals surface area (Å²) in [7, 11) is 0. The smallest absolute Gasteiger partial charge is 0.222 e. The first-order valence-electron chi connectivity index (χ1n) is 6.24. The lowest BCUT2D eigenvalue weighted by Crippen LogP contribution is -2.37. The maximum Gasteiger partial charge on any atom is 0.222 e. The molecule has 1 atom stereocenters. The highest BCUT2D eigenvalue weighted by atomic mass is 32.1. The molecule has 1 aliphatic rings. The van der Waals surface area contributed by atoms with Crippen LogP contribution >= 0.6 is 11.3 Å². The molecule has 1 aliphatic heterocycles. The predicted molar refractivity (Wildman–Crippen MR) is 69.1 cm³/mol. The van der Waals surface area contributed by atoms with Gasteiger partial charge in [-0.15, -0.1) is 11.3 Å². The molecule has 17 heavy (non-hydrogen) atoms. The standard InChI is InChI=1S/C13H19NO2S/c15-10-11-4-2-8-14(11)13(16)7-1-5-12-6-3-9-17-12/h3,6,9,11,15H,1-2,4-5,7-8,10H2/t11-/m1/s1. The molecule has 0 unspecified atom stereocenters. The van der Waals surface area contributed by atoms with Crippen molar-refractivity contribution in [1.29, 1.82) is 0 Å². The number of carbonyl (C=O) groups is 1. The number of hydrogen-bond donors (Lipinski definition) is 1. The van der Waals surface area contributed by atoms with Gasteiger partial charge in [0.05, 0.1) is 12.6 Å². The highest BCUT2D eigenvalue weighted by molar-refractivity contribution is 7.09. The zero-order valence-electron chi connectivity index (χ0n) is 9.97. The van der Waals surface area contributed by atoms with Crippen molar-refractivity contribution in [2.24, 2.45) is 0 Å². The lowest BCUT2D eigenvalue weighted by Gasteiger charge is -2.22. The van der Waals surface area contributed by atoms with Gasteiger partial charge in [-0.05, 0) is 37.1 Å². The minimum Gasteiger partial charge on any atom is -0.394 e. The van der Waals surface area contributed by atoms with Crippen LogP contribution in [-0.4, -0.2) is 35.1 Å². The van der Waals surface area contributed by atoms with Crippen LogP contribution in [0.4, 0.5) is 0 Å². The molecule has 0 aliphatic carbocycles. The van der Waals surface area contributed by atoms with Gasteiger partial charge in [0.1, 0.15) is 0 Å². The number of hydrogen-bond acceptors (Lipinski definition) is 3. The Balaban J connectivity index is 1.73. The van der Waals surface area contributed by atoms with Crippen LogP contribution in [-0.2, 0) is 11.2 Å². The van der Waals surface area contributed by atoms with Crippen molar-refractivity contribution in [3.05, 3.63) is 22.4 Å². The first-order valence-corrected chi connectivity index (χ1v) is 7.12. The largest absolute Gasteiger partial charge is 0.394 e. The Hall–Kier alpha value is -0.870. The molecule has 1 aromatic heterocycles. The molecule has 2 heterocycles. The molecule has 1 N–H and O–H groups in total. The van der Waals surface area contributed by atoms with Gasteiger partial charge in [-0.2, -0.15) is 0 Å². The molecule has 2 rings (SSSR count). The van der Waals surface area contributed by atoms with E-state index in [1.165, 1.54) is 4.88 Å². The number of likely N-dealkylation sites (tertiary alicyclic amines) is 1. The summed E-state index contributed by atoms with van der Waals surface area (Å²) in [5.41, 5.74) is 0. The molecule has 4 heteroatoms. The first kappa shape index (κ1) is 12.6. The molecule has 0 spiro atoms. The van der Waals surface area contributed by atoms with Crippen LogP contribution in [0.25, 0.3) is 0 Å². The van der Waals surface area contributed by atoms with Gasteiger partial charge in [0.25, 0.3) is 0 Å². The molecule has 1 fully saturated rings. The zero-order valence-corrected chi connectivity index (χ0v) is 10.8. The van der Waals surface area contributed by atoms with Crippen molar-refractivity contribution in [2.75, 3.05) is 13.2 Å². The van der Waals surface area contributed by atoms with E-state index in [0.717, 1.165) is 32.2 Å². The Bertz CT molecular complexity index is 350. The fraction of sp³-hybridized carbons (Fsp3) is 0.615. The van der Waals surface area contributed by atoms with E-state index in [-0.39, 0.29) is 18.6 Å². The number of nitrogens with zero attached hydrogens (tertiary/aromatic N) is 1. The van der Waals surface area contributed by atoms with Crippen molar-refractivity contribution < 1.29 is 9.90 Å². The molecule has 94 valence electrons. The van der Waals surface area contributed by atoms with E-state index in [1.807, 2.05) is 11.0 Å². The van der Waals surface area contributed by atoms with Gasteiger partial charge in [0, 0.05) is 17.8 Å². The lowest BCUT2D eigenvalue weighted by molar-refractivity contribution is -0.132. The zero-order chi connectivity index (χ0) is 12.1. The van der Waals surface area contributed by atoms with Crippen molar-refractivity contribution >= 4 is 17.2 Å². The summed E-state index contributed by atoms with van der Waals surface area (Å²) in [4.78, 5) is 15.2. The van der Waals surface area contributed by atoms with Crippen LogP contribution in [0.5, 0.6) is 0 Å². The highest BCUT2D eigenvalue weighted by Crippen LogP contribution is 2.19. The number of amides is 1. The van der Waals surface area contributed by atoms with Gasteiger partial charge in [0.15, 0.2) is 0 Å². The molecule has 0 radical (unpaired) electrons. The Morgan fingerprint density at radius 2 is 2.47 bits per heavy atom. The fourth-order valence-corrected chi connectivity index (χ4v) is 3.12. The van der Waals surface area contributed by atoms with Gasteiger partial charge in [-0.1, -0.05) is 6.07 Å². The van der Waals surface area contributed by atoms with Crippen molar-refractivity contribution in [2.45, 2.75) is 38.1 Å². The van der Waals surface area contributed by atoms with Crippen molar-refractivity contribution in [1.82, 2.24) is 4.90 Å². The van der Waals surface area contributed by atoms with Crippen LogP contribution in [0, 0.1) is 0 Å². The molecule has 1 saturated heterocycles. The van der Waals surface area contributed by atoms with Crippen LogP contribution in [0.1, 0.15) is 30.6 Å². The van der Waals surface area contributed by atoms with E-state index in [9.17, 15) is 4.79 Å². The minimum atomic E-state index is 0.0734. The fourth-order valence-electron chi connectivity index (χ4n) is 2.37. The maximum absolute atomic E-state index is 12.0. The number of carbonyl (C=O) groups excluding carboxylic acids is 1. The summed E-state index contributed by atoms with van der Waals surface area (Å²) in [5, 5.41) is 11.2. The van der Waals surface area contributed by atoms with E-state index in [2.05, 4.69) is 11.4 Å². The second-order valence-corrected chi connectivity index (χ2v) is 5.53. The van der Waals surface area contributed by atoms with Crippen LogP contribution in [0.3, 0.4) is 0 Å². The summed E-state index contributed by atoms with van der Waals surface area (Å²) >= 11 is 1.75. The van der Waals surface area contributed by atoms with E-state index in [1.54, 1.807) is 11.3 Å². The topological polar surface area (TPSA) is 40.5 Å². The molecule has 1 aromatic rings. The molecular weight excluding hydrogens is 234 g/mol. The SMILES string of the molecule is O=C(CCCc1cccs1)N1CCC[C@@H]1CO. The summed E-state index contributed by atoms with van der Waals surface area (Å²) in [6.45, 7) is 0.930. The molecule has 1 amide bonds. The van der Waals surface area contributed by atoms with E-state index in [4.69, 9.17) is 5.11 Å². The molecule has 3 nitrogen and oxygen atoms in total. The van der Waals surface area contributed by atoms with Gasteiger partial charge in [-0.25, -0.2) is 0 Å². The van der Waals surface area contributed by atoms with Crippen LogP contribution in [0.15, 0.2) is 17.5 Å². The lowest BCUT2D eigenvalue weighted by atomic mass is 10.2. The van der Waals surface area contributed by atoms with E-state index in [0.29, 0.717) is 6.42 Å². The Labute approximate surface area is 106 Å². The summed E-state index contributed by atoms with van der Waals surface area (Å²) in [6, 6.07) is 4.23. The first-order chi connectivity index (χ1) is 8.31. The third kappa shape index (κ3) is 3.30. The Morgan fingerprint density at radius 1 is 1.59 bits per heavy atom. The predicted octanol–water partition coefficient (Wildman–Crippen LogP) is 2.05. The number of rotatable bonds is 5. The Morgan fingerprint density at radius 3 is 3.18 bits per heavy atom. The minimum absolute atomic E-state index is 0.0734.